The summed E-state index contributed by atoms with van der Waals surface area (Å²) in [6.45, 7) is 9.03. The van der Waals surface area contributed by atoms with Gasteiger partial charge in [-0.05, 0) is 64.3 Å². The lowest BCUT2D eigenvalue weighted by atomic mass is 10.1. The van der Waals surface area contributed by atoms with E-state index in [0.29, 0.717) is 5.56 Å². The van der Waals surface area contributed by atoms with E-state index in [1.54, 1.807) is 11.8 Å². The molecule has 1 aliphatic heterocycles. The van der Waals surface area contributed by atoms with Gasteiger partial charge in [0.2, 0.25) is 0 Å². The molecule has 7 nitrogen and oxygen atoms in total. The Bertz CT molecular complexity index is 609. The molecule has 0 atom stereocenters. The Kier molecular flexibility index (Phi) is 6.97. The highest BCUT2D eigenvalue weighted by molar-refractivity contribution is 5.94. The van der Waals surface area contributed by atoms with E-state index in [0.717, 1.165) is 32.0 Å². The van der Waals surface area contributed by atoms with Crippen molar-refractivity contribution in [3.8, 4) is 0 Å². The summed E-state index contributed by atoms with van der Waals surface area (Å²) in [5.41, 5.74) is 0.256. The summed E-state index contributed by atoms with van der Waals surface area (Å²) in [6, 6.07) is 3.99. The maximum absolute atomic E-state index is 11.4. The third-order valence-corrected chi connectivity index (χ3v) is 3.33. The zero-order chi connectivity index (χ0) is 19.2. The van der Waals surface area contributed by atoms with Gasteiger partial charge in [0.05, 0.1) is 11.1 Å². The minimum absolute atomic E-state index is 0.00241. The summed E-state index contributed by atoms with van der Waals surface area (Å²) in [7, 11) is 0. The molecule has 0 aliphatic carbocycles. The van der Waals surface area contributed by atoms with Crippen molar-refractivity contribution in [2.75, 3.05) is 13.1 Å². The van der Waals surface area contributed by atoms with Gasteiger partial charge in [0.1, 0.15) is 5.60 Å². The Morgan fingerprint density at radius 1 is 0.960 bits per heavy atom. The normalized spacial score (nSPS) is 13.7. The molecule has 0 radical (unpaired) electrons. The first-order chi connectivity index (χ1) is 11.5. The number of benzene rings is 1. The Hall–Kier alpha value is -2.57. The van der Waals surface area contributed by atoms with E-state index in [4.69, 9.17) is 14.9 Å². The standard InChI is InChI=1S/C9H17NO2.C9H8O4/c1-9(2,3)12-8(11)10-6-4-5-7-10;1-5-2-6(8(10)11)4-7(3-5)9(12)13/h4-7H2,1-3H3;2-4H,1H3,(H,10,11)(H,12,13). The number of carbonyl (C=O) groups is 3. The number of aryl methyl sites for hydroxylation is 1. The summed E-state index contributed by atoms with van der Waals surface area (Å²) >= 11 is 0. The molecule has 0 aromatic heterocycles. The van der Waals surface area contributed by atoms with Crippen LogP contribution in [0, 0.1) is 6.92 Å². The van der Waals surface area contributed by atoms with Crippen molar-refractivity contribution in [1.82, 2.24) is 4.90 Å². The predicted molar refractivity (Wildman–Crippen MR) is 92.1 cm³/mol. The van der Waals surface area contributed by atoms with Crippen LogP contribution in [0.4, 0.5) is 4.79 Å². The molecule has 1 aromatic rings. The molecule has 1 saturated heterocycles. The number of rotatable bonds is 2. The molecule has 2 rings (SSSR count). The molecule has 0 bridgehead atoms. The largest absolute Gasteiger partial charge is 0.478 e. The van der Waals surface area contributed by atoms with Crippen LogP contribution < -0.4 is 0 Å². The number of likely N-dealkylation sites (tertiary alicyclic amines) is 1. The van der Waals surface area contributed by atoms with E-state index in [-0.39, 0.29) is 22.8 Å². The molecule has 0 saturated carbocycles. The molecule has 138 valence electrons. The second kappa shape index (κ2) is 8.50. The van der Waals surface area contributed by atoms with Gasteiger partial charge in [-0.2, -0.15) is 0 Å². The number of carboxylic acids is 2. The van der Waals surface area contributed by atoms with E-state index in [1.165, 1.54) is 12.1 Å². The molecule has 1 aliphatic rings. The minimum Gasteiger partial charge on any atom is -0.478 e. The van der Waals surface area contributed by atoms with Crippen LogP contribution in [0.1, 0.15) is 59.9 Å². The van der Waals surface area contributed by atoms with Gasteiger partial charge in [0, 0.05) is 13.1 Å². The summed E-state index contributed by atoms with van der Waals surface area (Å²) in [5.74, 6) is -2.24. The maximum Gasteiger partial charge on any atom is 0.410 e. The van der Waals surface area contributed by atoms with Crippen molar-refractivity contribution < 1.29 is 29.3 Å². The van der Waals surface area contributed by atoms with Crippen LogP contribution >= 0.6 is 0 Å². The van der Waals surface area contributed by atoms with Crippen molar-refractivity contribution in [1.29, 1.82) is 0 Å². The molecule has 0 unspecified atom stereocenters. The first kappa shape index (κ1) is 20.5. The smallest absolute Gasteiger partial charge is 0.410 e. The molecular formula is C18H25NO6. The predicted octanol–water partition coefficient (Wildman–Crippen LogP) is 3.41. The Balaban J connectivity index is 0.000000251. The Morgan fingerprint density at radius 2 is 1.40 bits per heavy atom. The molecular weight excluding hydrogens is 326 g/mol. The molecule has 7 heteroatoms. The first-order valence-electron chi connectivity index (χ1n) is 8.06. The van der Waals surface area contributed by atoms with Crippen molar-refractivity contribution >= 4 is 18.0 Å². The molecule has 2 N–H and O–H groups in total. The minimum atomic E-state index is -1.12. The van der Waals surface area contributed by atoms with Gasteiger partial charge >= 0.3 is 18.0 Å². The number of amides is 1. The van der Waals surface area contributed by atoms with E-state index in [9.17, 15) is 14.4 Å². The number of carboxylic acid groups (broad SMARTS) is 2. The summed E-state index contributed by atoms with van der Waals surface area (Å²) < 4.78 is 5.21. The quantitative estimate of drug-likeness (QED) is 0.846. The fraction of sp³-hybridized carbons (Fsp3) is 0.500. The highest BCUT2D eigenvalue weighted by Crippen LogP contribution is 2.14. The van der Waals surface area contributed by atoms with Crippen molar-refractivity contribution in [2.24, 2.45) is 0 Å². The van der Waals surface area contributed by atoms with Crippen LogP contribution in [0.3, 0.4) is 0 Å². The monoisotopic (exact) mass is 351 g/mol. The van der Waals surface area contributed by atoms with E-state index >= 15 is 0 Å². The van der Waals surface area contributed by atoms with Crippen LogP contribution in [0.15, 0.2) is 18.2 Å². The molecule has 0 spiro atoms. The Morgan fingerprint density at radius 3 is 1.76 bits per heavy atom. The van der Waals surface area contributed by atoms with E-state index in [1.807, 2.05) is 20.8 Å². The average molecular weight is 351 g/mol. The van der Waals surface area contributed by atoms with E-state index < -0.39 is 11.9 Å². The summed E-state index contributed by atoms with van der Waals surface area (Å²) in [5, 5.41) is 17.2. The molecule has 25 heavy (non-hydrogen) atoms. The second-order valence-corrected chi connectivity index (χ2v) is 6.87. The van der Waals surface area contributed by atoms with Crippen LogP contribution in [-0.4, -0.2) is 51.8 Å². The maximum atomic E-state index is 11.4. The lowest BCUT2D eigenvalue weighted by molar-refractivity contribution is 0.0294. The second-order valence-electron chi connectivity index (χ2n) is 6.87. The van der Waals surface area contributed by atoms with Crippen LogP contribution in [0.25, 0.3) is 0 Å². The van der Waals surface area contributed by atoms with Gasteiger partial charge in [-0.1, -0.05) is 0 Å². The molecule has 1 aromatic carbocycles. The topological polar surface area (TPSA) is 104 Å². The van der Waals surface area contributed by atoms with Gasteiger partial charge in [-0.25, -0.2) is 14.4 Å². The highest BCUT2D eigenvalue weighted by atomic mass is 16.6. The average Bonchev–Trinajstić information content (AvgIpc) is 2.99. The number of nitrogens with zero attached hydrogens (tertiary/aromatic N) is 1. The van der Waals surface area contributed by atoms with Gasteiger partial charge in [-0.15, -0.1) is 0 Å². The van der Waals surface area contributed by atoms with Crippen LogP contribution in [0.5, 0.6) is 0 Å². The lowest BCUT2D eigenvalue weighted by Gasteiger charge is -2.23. The van der Waals surface area contributed by atoms with E-state index in [2.05, 4.69) is 0 Å². The van der Waals surface area contributed by atoms with Crippen LogP contribution in [0.2, 0.25) is 0 Å². The number of carbonyl (C=O) groups excluding carboxylic acids is 1. The Labute approximate surface area is 147 Å². The fourth-order valence-electron chi connectivity index (χ4n) is 2.26. The highest BCUT2D eigenvalue weighted by Gasteiger charge is 2.23. The molecule has 1 heterocycles. The third-order valence-electron chi connectivity index (χ3n) is 3.33. The molecule has 1 amide bonds. The van der Waals surface area contributed by atoms with Crippen molar-refractivity contribution in [3.05, 3.63) is 34.9 Å². The van der Waals surface area contributed by atoms with Crippen molar-refractivity contribution in [3.63, 3.8) is 0 Å². The zero-order valence-corrected chi connectivity index (χ0v) is 15.0. The first-order valence-corrected chi connectivity index (χ1v) is 8.06. The van der Waals surface area contributed by atoms with Crippen molar-refractivity contribution in [2.45, 2.75) is 46.1 Å². The van der Waals surface area contributed by atoms with Gasteiger partial charge in [0.15, 0.2) is 0 Å². The number of hydrogen-bond acceptors (Lipinski definition) is 4. The zero-order valence-electron chi connectivity index (χ0n) is 15.0. The van der Waals surface area contributed by atoms with Gasteiger partial charge < -0.3 is 19.8 Å². The van der Waals surface area contributed by atoms with Gasteiger partial charge in [-0.3, -0.25) is 0 Å². The summed E-state index contributed by atoms with van der Waals surface area (Å²) in [6.07, 6.45) is 2.05. The third kappa shape index (κ3) is 7.24. The molecule has 1 fully saturated rings. The fourth-order valence-corrected chi connectivity index (χ4v) is 2.26. The number of hydrogen-bond donors (Lipinski definition) is 2. The SMILES string of the molecule is CC(C)(C)OC(=O)N1CCCC1.Cc1cc(C(=O)O)cc(C(=O)O)c1. The lowest BCUT2D eigenvalue weighted by Crippen LogP contribution is -2.34. The number of aromatic carboxylic acids is 2. The summed E-state index contributed by atoms with van der Waals surface area (Å²) in [4.78, 5) is 34.2. The van der Waals surface area contributed by atoms with Gasteiger partial charge in [0.25, 0.3) is 0 Å². The number of ether oxygens (including phenoxy) is 1. The van der Waals surface area contributed by atoms with Crippen LogP contribution in [-0.2, 0) is 4.74 Å².